The number of methoxy groups -OCH3 is 1. The molecule has 0 radical (unpaired) electrons. The molecule has 210 valence electrons. The smallest absolute Gasteiger partial charge is 0.301 e. The molecular weight excluding hydrogens is 567 g/mol. The van der Waals surface area contributed by atoms with Crippen LogP contribution in [0.15, 0.2) is 94.8 Å². The van der Waals surface area contributed by atoms with Crippen LogP contribution in [0, 0.1) is 13.8 Å². The maximum Gasteiger partial charge on any atom is 0.301 e. The number of aliphatic hydroxyl groups excluding tert-OH is 1. The Bertz CT molecular complexity index is 1860. The van der Waals surface area contributed by atoms with Crippen molar-refractivity contribution in [3.63, 3.8) is 0 Å². The van der Waals surface area contributed by atoms with Crippen molar-refractivity contribution in [3.05, 3.63) is 118 Å². The molecule has 0 saturated carbocycles. The Labute approximate surface area is 251 Å². The van der Waals surface area contributed by atoms with Crippen molar-refractivity contribution in [1.82, 2.24) is 10.2 Å². The fourth-order valence-electron chi connectivity index (χ4n) is 5.18. The second kappa shape index (κ2) is 11.4. The highest BCUT2D eigenvalue weighted by Gasteiger charge is 2.48. The van der Waals surface area contributed by atoms with Gasteiger partial charge in [0.25, 0.3) is 5.78 Å². The molecule has 42 heavy (non-hydrogen) atoms. The van der Waals surface area contributed by atoms with Crippen molar-refractivity contribution in [2.45, 2.75) is 30.0 Å². The van der Waals surface area contributed by atoms with E-state index in [9.17, 15) is 14.7 Å². The standard InChI is InChI=1S/C33H27N3O4S2/c1-19-11-12-20(2)26(17-19)29(37)27-28(22-13-15-24(40-3)16-14-22)36(31(39)30(27)38)32-34-35-33(42-32)41-18-23-9-6-8-21-7-4-5-10-25(21)23/h4-17,28,37H,18H2,1-3H3/b29-27+. The number of thioether (sulfide) groups is 1. The zero-order chi connectivity index (χ0) is 29.4. The van der Waals surface area contributed by atoms with Gasteiger partial charge in [0.2, 0.25) is 5.13 Å². The Morgan fingerprint density at radius 1 is 0.976 bits per heavy atom. The molecule has 0 aliphatic carbocycles. The number of aliphatic hydroxyl groups is 1. The summed E-state index contributed by atoms with van der Waals surface area (Å²) >= 11 is 2.77. The first kappa shape index (κ1) is 27.7. The van der Waals surface area contributed by atoms with E-state index < -0.39 is 17.7 Å². The van der Waals surface area contributed by atoms with Gasteiger partial charge in [0.15, 0.2) is 4.34 Å². The SMILES string of the molecule is COc1ccc(C2/C(=C(\O)c3cc(C)ccc3C)C(=O)C(=O)N2c2nnc(SCc3cccc4ccccc34)s2)cc1. The van der Waals surface area contributed by atoms with Crippen molar-refractivity contribution in [2.75, 3.05) is 12.0 Å². The van der Waals surface area contributed by atoms with Crippen LogP contribution in [0.25, 0.3) is 16.5 Å². The lowest BCUT2D eigenvalue weighted by atomic mass is 9.93. The topological polar surface area (TPSA) is 92.6 Å². The zero-order valence-corrected chi connectivity index (χ0v) is 24.8. The molecule has 1 amide bonds. The molecule has 0 spiro atoms. The number of hydrogen-bond acceptors (Lipinski definition) is 8. The summed E-state index contributed by atoms with van der Waals surface area (Å²) in [4.78, 5) is 28.5. The van der Waals surface area contributed by atoms with E-state index in [2.05, 4.69) is 34.5 Å². The van der Waals surface area contributed by atoms with Gasteiger partial charge in [-0.05, 0) is 59.5 Å². The summed E-state index contributed by atoms with van der Waals surface area (Å²) in [6.45, 7) is 3.77. The summed E-state index contributed by atoms with van der Waals surface area (Å²) in [5, 5.41) is 22.9. The number of nitrogens with zero attached hydrogens (tertiary/aromatic N) is 3. The molecule has 9 heteroatoms. The molecule has 1 aromatic heterocycles. The minimum Gasteiger partial charge on any atom is -0.507 e. The molecule has 4 aromatic carbocycles. The maximum atomic E-state index is 13.6. The second-order valence-electron chi connectivity index (χ2n) is 10.0. The van der Waals surface area contributed by atoms with Gasteiger partial charge in [0.05, 0.1) is 18.7 Å². The molecule has 1 aliphatic heterocycles. The van der Waals surface area contributed by atoms with Gasteiger partial charge in [0, 0.05) is 11.3 Å². The first-order valence-electron chi connectivity index (χ1n) is 13.3. The maximum absolute atomic E-state index is 13.6. The molecule has 5 aromatic rings. The van der Waals surface area contributed by atoms with Gasteiger partial charge in [-0.2, -0.15) is 0 Å². The molecule has 1 saturated heterocycles. The highest BCUT2D eigenvalue weighted by molar-refractivity contribution is 8.00. The summed E-state index contributed by atoms with van der Waals surface area (Å²) in [6.07, 6.45) is 0. The van der Waals surface area contributed by atoms with E-state index in [1.54, 1.807) is 31.4 Å². The number of amides is 1. The first-order valence-corrected chi connectivity index (χ1v) is 15.1. The van der Waals surface area contributed by atoms with E-state index in [0.717, 1.165) is 11.1 Å². The van der Waals surface area contributed by atoms with Crippen LogP contribution in [0.5, 0.6) is 5.75 Å². The van der Waals surface area contributed by atoms with E-state index in [1.807, 2.05) is 50.2 Å². The number of aryl methyl sites for hydroxylation is 2. The van der Waals surface area contributed by atoms with E-state index in [4.69, 9.17) is 4.74 Å². The van der Waals surface area contributed by atoms with Crippen molar-refractivity contribution in [3.8, 4) is 5.75 Å². The number of carbonyl (C=O) groups excluding carboxylic acids is 2. The van der Waals surface area contributed by atoms with Gasteiger partial charge < -0.3 is 9.84 Å². The Morgan fingerprint density at radius 3 is 2.52 bits per heavy atom. The lowest BCUT2D eigenvalue weighted by molar-refractivity contribution is -0.132. The molecular formula is C33H27N3O4S2. The quantitative estimate of drug-likeness (QED) is 0.0699. The number of aromatic nitrogens is 2. The van der Waals surface area contributed by atoms with Crippen LogP contribution < -0.4 is 9.64 Å². The lowest BCUT2D eigenvalue weighted by Gasteiger charge is -2.23. The highest BCUT2D eigenvalue weighted by atomic mass is 32.2. The molecule has 2 heterocycles. The van der Waals surface area contributed by atoms with Gasteiger partial charge in [-0.3, -0.25) is 14.5 Å². The predicted octanol–water partition coefficient (Wildman–Crippen LogP) is 7.24. The van der Waals surface area contributed by atoms with Crippen molar-refractivity contribution in [2.24, 2.45) is 0 Å². The van der Waals surface area contributed by atoms with Crippen molar-refractivity contribution >= 4 is 56.5 Å². The average Bonchev–Trinajstić information content (AvgIpc) is 3.58. The van der Waals surface area contributed by atoms with E-state index in [-0.39, 0.29) is 11.3 Å². The number of hydrogen-bond donors (Lipinski definition) is 1. The van der Waals surface area contributed by atoms with E-state index in [1.165, 1.54) is 44.3 Å². The molecule has 1 aliphatic rings. The Hall–Kier alpha value is -4.47. The average molecular weight is 594 g/mol. The number of Topliss-reactive ketones (excluding diaryl/α,β-unsaturated/α-hetero) is 1. The number of anilines is 1. The third-order valence-corrected chi connectivity index (χ3v) is 9.46. The summed E-state index contributed by atoms with van der Waals surface area (Å²) in [5.74, 6) is -0.441. The zero-order valence-electron chi connectivity index (χ0n) is 23.2. The number of benzene rings is 4. The fourth-order valence-corrected chi connectivity index (χ4v) is 7.06. The molecule has 0 bridgehead atoms. The summed E-state index contributed by atoms with van der Waals surface area (Å²) in [5.41, 5.74) is 4.05. The Kier molecular flexibility index (Phi) is 7.53. The number of ketones is 1. The van der Waals surface area contributed by atoms with Gasteiger partial charge in [-0.1, -0.05) is 95.4 Å². The van der Waals surface area contributed by atoms with Gasteiger partial charge in [-0.25, -0.2) is 0 Å². The fraction of sp³-hybridized carbons (Fsp3) is 0.152. The minimum absolute atomic E-state index is 0.0130. The molecule has 6 rings (SSSR count). The predicted molar refractivity (Wildman–Crippen MR) is 167 cm³/mol. The van der Waals surface area contributed by atoms with Crippen LogP contribution >= 0.6 is 23.1 Å². The number of carbonyl (C=O) groups is 2. The number of fused-ring (bicyclic) bond motifs is 1. The van der Waals surface area contributed by atoms with E-state index >= 15 is 0 Å². The first-order chi connectivity index (χ1) is 20.4. The van der Waals surface area contributed by atoms with Crippen LogP contribution in [-0.4, -0.2) is 34.1 Å². The largest absolute Gasteiger partial charge is 0.507 e. The molecule has 1 N–H and O–H groups in total. The normalized spacial score (nSPS) is 16.4. The Morgan fingerprint density at radius 2 is 1.74 bits per heavy atom. The van der Waals surface area contributed by atoms with Crippen LogP contribution in [0.3, 0.4) is 0 Å². The third-order valence-electron chi connectivity index (χ3n) is 7.36. The molecule has 1 atom stereocenters. The van der Waals surface area contributed by atoms with Crippen LogP contribution in [0.4, 0.5) is 5.13 Å². The summed E-state index contributed by atoms with van der Waals surface area (Å²) in [7, 11) is 1.57. The van der Waals surface area contributed by atoms with Crippen LogP contribution in [0.2, 0.25) is 0 Å². The molecule has 1 unspecified atom stereocenters. The lowest BCUT2D eigenvalue weighted by Crippen LogP contribution is -2.29. The number of ether oxygens (including phenoxy) is 1. The number of rotatable bonds is 7. The van der Waals surface area contributed by atoms with E-state index in [0.29, 0.717) is 32.1 Å². The molecule has 1 fully saturated rings. The third kappa shape index (κ3) is 5.06. The summed E-state index contributed by atoms with van der Waals surface area (Å²) in [6, 6.07) is 26.3. The van der Waals surface area contributed by atoms with Crippen molar-refractivity contribution < 1.29 is 19.4 Å². The minimum atomic E-state index is -0.889. The van der Waals surface area contributed by atoms with Gasteiger partial charge in [0.1, 0.15) is 11.5 Å². The highest BCUT2D eigenvalue weighted by Crippen LogP contribution is 2.44. The van der Waals surface area contributed by atoms with Crippen LogP contribution in [0.1, 0.15) is 33.9 Å². The Balaban J connectivity index is 1.39. The second-order valence-corrected chi connectivity index (χ2v) is 12.2. The van der Waals surface area contributed by atoms with Gasteiger partial charge >= 0.3 is 5.91 Å². The summed E-state index contributed by atoms with van der Waals surface area (Å²) < 4.78 is 5.99. The molecule has 7 nitrogen and oxygen atoms in total. The van der Waals surface area contributed by atoms with Gasteiger partial charge in [-0.15, -0.1) is 10.2 Å². The van der Waals surface area contributed by atoms with Crippen LogP contribution in [-0.2, 0) is 15.3 Å². The monoisotopic (exact) mass is 593 g/mol. The van der Waals surface area contributed by atoms with Crippen molar-refractivity contribution in [1.29, 1.82) is 0 Å².